The lowest BCUT2D eigenvalue weighted by Gasteiger charge is -2.36. The van der Waals surface area contributed by atoms with Gasteiger partial charge in [-0.05, 0) is 37.5 Å². The Labute approximate surface area is 147 Å². The summed E-state index contributed by atoms with van der Waals surface area (Å²) in [6.45, 7) is 4.88. The fourth-order valence-corrected chi connectivity index (χ4v) is 3.59. The minimum absolute atomic E-state index is 0.0557. The van der Waals surface area contributed by atoms with Gasteiger partial charge >= 0.3 is 0 Å². The zero-order chi connectivity index (χ0) is 17.2. The lowest BCUT2D eigenvalue weighted by Crippen LogP contribution is -2.45. The van der Waals surface area contributed by atoms with Crippen molar-refractivity contribution in [1.29, 1.82) is 0 Å². The molecule has 0 radical (unpaired) electrons. The van der Waals surface area contributed by atoms with Crippen LogP contribution in [0.1, 0.15) is 18.4 Å². The molecule has 0 saturated carbocycles. The number of carbonyl (C=O) groups excluding carboxylic acids is 1. The van der Waals surface area contributed by atoms with Gasteiger partial charge in [0.1, 0.15) is 18.2 Å². The predicted octanol–water partition coefficient (Wildman–Crippen LogP) is 2.43. The SMILES string of the molecule is Cc1ccc2c(c1)OCCN2C(=O)C1CCN(c2cnccn2)CC1. The molecule has 0 bridgehead atoms. The van der Waals surface area contributed by atoms with Crippen molar-refractivity contribution in [3.63, 3.8) is 0 Å². The van der Waals surface area contributed by atoms with Gasteiger partial charge in [-0.1, -0.05) is 6.07 Å². The van der Waals surface area contributed by atoms with Gasteiger partial charge in [-0.3, -0.25) is 9.78 Å². The first-order valence-corrected chi connectivity index (χ1v) is 8.78. The molecule has 3 heterocycles. The smallest absolute Gasteiger partial charge is 0.230 e. The van der Waals surface area contributed by atoms with Crippen molar-refractivity contribution in [3.8, 4) is 5.75 Å². The number of rotatable bonds is 2. The molecule has 6 heteroatoms. The van der Waals surface area contributed by atoms with Crippen LogP contribution < -0.4 is 14.5 Å². The second-order valence-electron chi connectivity index (χ2n) is 6.63. The number of nitrogens with zero attached hydrogens (tertiary/aromatic N) is 4. The summed E-state index contributed by atoms with van der Waals surface area (Å²) in [5, 5.41) is 0. The molecule has 4 rings (SSSR count). The van der Waals surface area contributed by atoms with Crippen LogP contribution in [0.15, 0.2) is 36.8 Å². The van der Waals surface area contributed by atoms with Crippen molar-refractivity contribution in [2.24, 2.45) is 5.92 Å². The number of piperidine rings is 1. The molecule has 0 atom stereocenters. The Morgan fingerprint density at radius 2 is 2.04 bits per heavy atom. The molecule has 1 aromatic carbocycles. The highest BCUT2D eigenvalue weighted by atomic mass is 16.5. The second kappa shape index (κ2) is 6.70. The molecule has 1 aromatic heterocycles. The number of amides is 1. The highest BCUT2D eigenvalue weighted by Crippen LogP contribution is 2.34. The molecule has 2 aromatic rings. The van der Waals surface area contributed by atoms with Gasteiger partial charge in [-0.2, -0.15) is 0 Å². The van der Waals surface area contributed by atoms with Crippen molar-refractivity contribution < 1.29 is 9.53 Å². The summed E-state index contributed by atoms with van der Waals surface area (Å²) in [6.07, 6.45) is 6.85. The number of ether oxygens (including phenoxy) is 1. The van der Waals surface area contributed by atoms with Crippen molar-refractivity contribution in [2.45, 2.75) is 19.8 Å². The fourth-order valence-electron chi connectivity index (χ4n) is 3.59. The van der Waals surface area contributed by atoms with Crippen LogP contribution in [-0.4, -0.2) is 42.1 Å². The van der Waals surface area contributed by atoms with Crippen LogP contribution in [0.3, 0.4) is 0 Å². The minimum Gasteiger partial charge on any atom is -0.490 e. The number of aryl methyl sites for hydroxylation is 1. The average Bonchev–Trinajstić information content (AvgIpc) is 2.67. The Morgan fingerprint density at radius 3 is 2.80 bits per heavy atom. The summed E-state index contributed by atoms with van der Waals surface area (Å²) in [7, 11) is 0. The Balaban J connectivity index is 1.45. The lowest BCUT2D eigenvalue weighted by molar-refractivity contribution is -0.123. The van der Waals surface area contributed by atoms with Gasteiger partial charge in [-0.15, -0.1) is 0 Å². The topological polar surface area (TPSA) is 58.6 Å². The van der Waals surface area contributed by atoms with Crippen molar-refractivity contribution in [1.82, 2.24) is 9.97 Å². The summed E-state index contributed by atoms with van der Waals surface area (Å²) < 4.78 is 5.73. The summed E-state index contributed by atoms with van der Waals surface area (Å²) in [5.74, 6) is 1.98. The predicted molar refractivity (Wildman–Crippen MR) is 96.0 cm³/mol. The lowest BCUT2D eigenvalue weighted by atomic mass is 9.94. The van der Waals surface area contributed by atoms with E-state index in [1.807, 2.05) is 30.0 Å². The average molecular weight is 338 g/mol. The molecule has 25 heavy (non-hydrogen) atoms. The van der Waals surface area contributed by atoms with Gasteiger partial charge < -0.3 is 14.5 Å². The zero-order valence-electron chi connectivity index (χ0n) is 14.4. The first kappa shape index (κ1) is 15.9. The summed E-state index contributed by atoms with van der Waals surface area (Å²) in [5.41, 5.74) is 2.04. The first-order chi connectivity index (χ1) is 12.2. The number of benzene rings is 1. The van der Waals surface area contributed by atoms with Gasteiger partial charge in [0.25, 0.3) is 0 Å². The molecular formula is C19H22N4O2. The van der Waals surface area contributed by atoms with Gasteiger partial charge in [0.05, 0.1) is 18.4 Å². The van der Waals surface area contributed by atoms with E-state index in [-0.39, 0.29) is 11.8 Å². The summed E-state index contributed by atoms with van der Waals surface area (Å²) >= 11 is 0. The van der Waals surface area contributed by atoms with Gasteiger partial charge in [0.15, 0.2) is 0 Å². The summed E-state index contributed by atoms with van der Waals surface area (Å²) in [4.78, 5) is 25.7. The molecule has 6 nitrogen and oxygen atoms in total. The maximum Gasteiger partial charge on any atom is 0.230 e. The second-order valence-corrected chi connectivity index (χ2v) is 6.63. The van der Waals surface area contributed by atoms with Crippen molar-refractivity contribution in [2.75, 3.05) is 36.0 Å². The van der Waals surface area contributed by atoms with E-state index in [9.17, 15) is 4.79 Å². The standard InChI is InChI=1S/C19H22N4O2/c1-14-2-3-16-17(12-14)25-11-10-23(16)19(24)15-4-8-22(9-5-15)18-13-20-6-7-21-18/h2-3,6-7,12-13,15H,4-5,8-11H2,1H3. The number of anilines is 2. The van der Waals surface area contributed by atoms with E-state index in [1.54, 1.807) is 18.6 Å². The number of hydrogen-bond donors (Lipinski definition) is 0. The molecule has 1 saturated heterocycles. The van der Waals surface area contributed by atoms with E-state index in [1.165, 1.54) is 0 Å². The van der Waals surface area contributed by atoms with Gasteiger partial charge in [-0.25, -0.2) is 4.98 Å². The number of aromatic nitrogens is 2. The van der Waals surface area contributed by atoms with E-state index in [4.69, 9.17) is 4.74 Å². The third-order valence-corrected chi connectivity index (χ3v) is 4.96. The van der Waals surface area contributed by atoms with Crippen LogP contribution in [0.25, 0.3) is 0 Å². The number of carbonyl (C=O) groups is 1. The van der Waals surface area contributed by atoms with Crippen LogP contribution in [0.5, 0.6) is 5.75 Å². The number of hydrogen-bond acceptors (Lipinski definition) is 5. The molecule has 0 spiro atoms. The maximum absolute atomic E-state index is 13.1. The molecule has 2 aliphatic heterocycles. The van der Waals surface area contributed by atoms with Crippen LogP contribution in [0.4, 0.5) is 11.5 Å². The van der Waals surface area contributed by atoms with E-state index in [0.717, 1.165) is 48.7 Å². The first-order valence-electron chi connectivity index (χ1n) is 8.78. The molecule has 1 amide bonds. The molecule has 0 unspecified atom stereocenters. The van der Waals surface area contributed by atoms with Crippen molar-refractivity contribution >= 4 is 17.4 Å². The molecule has 0 aliphatic carbocycles. The van der Waals surface area contributed by atoms with E-state index < -0.39 is 0 Å². The van der Waals surface area contributed by atoms with Crippen LogP contribution in [0, 0.1) is 12.8 Å². The van der Waals surface area contributed by atoms with E-state index in [2.05, 4.69) is 14.9 Å². The fraction of sp³-hybridized carbons (Fsp3) is 0.421. The molecule has 130 valence electrons. The van der Waals surface area contributed by atoms with Crippen LogP contribution >= 0.6 is 0 Å². The molecule has 2 aliphatic rings. The third-order valence-electron chi connectivity index (χ3n) is 4.96. The third kappa shape index (κ3) is 3.16. The number of fused-ring (bicyclic) bond motifs is 1. The largest absolute Gasteiger partial charge is 0.490 e. The minimum atomic E-state index is 0.0557. The van der Waals surface area contributed by atoms with Crippen LogP contribution in [-0.2, 0) is 4.79 Å². The van der Waals surface area contributed by atoms with Gasteiger partial charge in [0, 0.05) is 31.4 Å². The quantitative estimate of drug-likeness (QED) is 0.842. The highest BCUT2D eigenvalue weighted by Gasteiger charge is 2.32. The van der Waals surface area contributed by atoms with Crippen molar-refractivity contribution in [3.05, 3.63) is 42.4 Å². The van der Waals surface area contributed by atoms with E-state index in [0.29, 0.717) is 13.2 Å². The normalized spacial score (nSPS) is 17.8. The Hall–Kier alpha value is -2.63. The van der Waals surface area contributed by atoms with Crippen LogP contribution in [0.2, 0.25) is 0 Å². The summed E-state index contributed by atoms with van der Waals surface area (Å²) in [6, 6.07) is 6.03. The highest BCUT2D eigenvalue weighted by molar-refractivity contribution is 5.97. The molecule has 1 fully saturated rings. The zero-order valence-corrected chi connectivity index (χ0v) is 14.4. The van der Waals surface area contributed by atoms with Gasteiger partial charge in [0.2, 0.25) is 5.91 Å². The molecular weight excluding hydrogens is 316 g/mol. The monoisotopic (exact) mass is 338 g/mol. The maximum atomic E-state index is 13.1. The Kier molecular flexibility index (Phi) is 4.26. The Morgan fingerprint density at radius 1 is 1.20 bits per heavy atom. The van der Waals surface area contributed by atoms with E-state index >= 15 is 0 Å². The Bertz CT molecular complexity index is 757. The molecule has 0 N–H and O–H groups in total.